The Kier molecular flexibility index (Phi) is 9.03. The Morgan fingerprint density at radius 3 is 2.44 bits per heavy atom. The smallest absolute Gasteiger partial charge is 0.356 e. The zero-order valence-electron chi connectivity index (χ0n) is 24.5. The first-order chi connectivity index (χ1) is 20.6. The van der Waals surface area contributed by atoms with E-state index in [2.05, 4.69) is 12.2 Å². The molecule has 0 bridgehead atoms. The van der Waals surface area contributed by atoms with E-state index < -0.39 is 23.9 Å². The first kappa shape index (κ1) is 30.5. The van der Waals surface area contributed by atoms with Crippen LogP contribution in [0.15, 0.2) is 53.3 Å². The summed E-state index contributed by atoms with van der Waals surface area (Å²) in [6.07, 6.45) is 1.48. The van der Waals surface area contributed by atoms with Crippen LogP contribution in [0, 0.1) is 5.92 Å². The standard InChI is InChI=1S/C33H33ClN2O6S/c1-5-24(29(37)35-30-27(32(39)41-6-2)23-16-11-18(3)17-25(23)43-30)42-33(40)28-26(19-12-14-20(34)15-13-19)21-9-7-8-10-22(21)31(38)36(28)4/h7-10,12-15,18,24H,5-6,11,16-17H2,1-4H3,(H,35,37). The minimum Gasteiger partial charge on any atom is -0.462 e. The monoisotopic (exact) mass is 620 g/mol. The lowest BCUT2D eigenvalue weighted by Crippen LogP contribution is -2.34. The molecule has 8 nitrogen and oxygen atoms in total. The molecule has 0 radical (unpaired) electrons. The molecule has 4 aromatic rings. The van der Waals surface area contributed by atoms with Gasteiger partial charge in [0.2, 0.25) is 0 Å². The Balaban J connectivity index is 1.50. The number of benzene rings is 2. The van der Waals surface area contributed by atoms with Crippen molar-refractivity contribution in [1.29, 1.82) is 0 Å². The number of thiophene rings is 1. The number of nitrogens with one attached hydrogen (secondary N) is 1. The summed E-state index contributed by atoms with van der Waals surface area (Å²) >= 11 is 7.50. The van der Waals surface area contributed by atoms with Gasteiger partial charge in [0.1, 0.15) is 10.7 Å². The van der Waals surface area contributed by atoms with Crippen LogP contribution in [-0.2, 0) is 34.2 Å². The van der Waals surface area contributed by atoms with Crippen molar-refractivity contribution in [3.05, 3.63) is 85.6 Å². The number of hydrogen-bond acceptors (Lipinski definition) is 7. The van der Waals surface area contributed by atoms with Crippen LogP contribution in [0.3, 0.4) is 0 Å². The molecule has 2 unspecified atom stereocenters. The second-order valence-corrected chi connectivity index (χ2v) is 12.2. The third-order valence-corrected chi connectivity index (χ3v) is 9.19. The summed E-state index contributed by atoms with van der Waals surface area (Å²) in [4.78, 5) is 54.7. The van der Waals surface area contributed by atoms with E-state index in [4.69, 9.17) is 21.1 Å². The number of amides is 1. The number of aromatic nitrogens is 1. The molecule has 0 aliphatic heterocycles. The lowest BCUT2D eigenvalue weighted by atomic mass is 9.88. The zero-order valence-corrected chi connectivity index (χ0v) is 26.1. The number of halogens is 1. The van der Waals surface area contributed by atoms with Crippen LogP contribution >= 0.6 is 22.9 Å². The Hall–Kier alpha value is -3.95. The topological polar surface area (TPSA) is 104 Å². The molecule has 43 heavy (non-hydrogen) atoms. The van der Waals surface area contributed by atoms with Gasteiger partial charge in [-0.15, -0.1) is 11.3 Å². The SMILES string of the molecule is CCOC(=O)c1c(NC(=O)C(CC)OC(=O)c2c(-c3ccc(Cl)cc3)c3ccccc3c(=O)n2C)sc2c1CCC(C)C2. The highest BCUT2D eigenvalue weighted by atomic mass is 35.5. The van der Waals surface area contributed by atoms with E-state index >= 15 is 0 Å². The largest absolute Gasteiger partial charge is 0.462 e. The molecular formula is C33H33ClN2O6S. The fraction of sp³-hybridized carbons (Fsp3) is 0.333. The number of carbonyl (C=O) groups is 3. The second kappa shape index (κ2) is 12.7. The number of carbonyl (C=O) groups excluding carboxylic acids is 3. The van der Waals surface area contributed by atoms with Crippen LogP contribution in [0.1, 0.15) is 64.9 Å². The third kappa shape index (κ3) is 5.96. The Bertz CT molecular complexity index is 1770. The van der Waals surface area contributed by atoms with Crippen LogP contribution in [0.4, 0.5) is 5.00 Å². The molecule has 1 aliphatic rings. The summed E-state index contributed by atoms with van der Waals surface area (Å²) in [5.41, 5.74) is 2.11. The Morgan fingerprint density at radius 2 is 1.77 bits per heavy atom. The van der Waals surface area contributed by atoms with Crippen LogP contribution in [-0.4, -0.2) is 35.1 Å². The number of pyridine rings is 1. The zero-order chi connectivity index (χ0) is 30.8. The summed E-state index contributed by atoms with van der Waals surface area (Å²) in [6.45, 7) is 5.84. The average Bonchev–Trinajstić information content (AvgIpc) is 3.34. The normalized spacial score (nSPS) is 15.0. The molecule has 0 fully saturated rings. The highest BCUT2D eigenvalue weighted by molar-refractivity contribution is 7.17. The molecule has 2 atom stereocenters. The summed E-state index contributed by atoms with van der Waals surface area (Å²) in [5.74, 6) is -1.39. The fourth-order valence-electron chi connectivity index (χ4n) is 5.57. The first-order valence-electron chi connectivity index (χ1n) is 14.4. The summed E-state index contributed by atoms with van der Waals surface area (Å²) in [7, 11) is 1.51. The van der Waals surface area contributed by atoms with Gasteiger partial charge in [-0.2, -0.15) is 0 Å². The minimum atomic E-state index is -1.18. The number of nitrogens with zero attached hydrogens (tertiary/aromatic N) is 1. The third-order valence-electron chi connectivity index (χ3n) is 7.77. The Morgan fingerprint density at radius 1 is 1.07 bits per heavy atom. The van der Waals surface area contributed by atoms with Crippen molar-refractivity contribution >= 4 is 56.6 Å². The molecule has 1 N–H and O–H groups in total. The lowest BCUT2D eigenvalue weighted by Gasteiger charge is -2.20. The van der Waals surface area contributed by atoms with Crippen molar-refractivity contribution in [3.63, 3.8) is 0 Å². The van der Waals surface area contributed by atoms with Gasteiger partial charge in [-0.3, -0.25) is 9.59 Å². The van der Waals surface area contributed by atoms with Gasteiger partial charge in [-0.05, 0) is 73.2 Å². The summed E-state index contributed by atoms with van der Waals surface area (Å²) in [6, 6.07) is 14.0. The van der Waals surface area contributed by atoms with Crippen LogP contribution in [0.5, 0.6) is 0 Å². The van der Waals surface area contributed by atoms with Crippen molar-refractivity contribution in [2.75, 3.05) is 11.9 Å². The maximum absolute atomic E-state index is 13.8. The van der Waals surface area contributed by atoms with Crippen molar-refractivity contribution in [2.45, 2.75) is 52.6 Å². The molecule has 0 saturated carbocycles. The van der Waals surface area contributed by atoms with E-state index in [0.29, 0.717) is 43.4 Å². The molecule has 2 heterocycles. The van der Waals surface area contributed by atoms with Gasteiger partial charge in [0.05, 0.1) is 12.2 Å². The van der Waals surface area contributed by atoms with Crippen molar-refractivity contribution in [2.24, 2.45) is 13.0 Å². The molecule has 5 rings (SSSR count). The second-order valence-electron chi connectivity index (χ2n) is 10.7. The van der Waals surface area contributed by atoms with Crippen molar-refractivity contribution in [1.82, 2.24) is 4.57 Å². The van der Waals surface area contributed by atoms with Crippen LogP contribution in [0.25, 0.3) is 21.9 Å². The summed E-state index contributed by atoms with van der Waals surface area (Å²) in [5, 5.41) is 4.80. The van der Waals surface area contributed by atoms with E-state index in [1.54, 1.807) is 62.4 Å². The Labute approximate surface area is 258 Å². The number of anilines is 1. The van der Waals surface area contributed by atoms with Gasteiger partial charge in [0.25, 0.3) is 11.5 Å². The first-order valence-corrected chi connectivity index (χ1v) is 15.5. The van der Waals surface area contributed by atoms with E-state index in [9.17, 15) is 19.2 Å². The molecule has 2 aromatic carbocycles. The predicted molar refractivity (Wildman–Crippen MR) is 169 cm³/mol. The van der Waals surface area contributed by atoms with E-state index in [0.717, 1.165) is 29.7 Å². The number of hydrogen-bond donors (Lipinski definition) is 1. The molecule has 0 saturated heterocycles. The molecule has 0 spiro atoms. The minimum absolute atomic E-state index is 0.0186. The van der Waals surface area contributed by atoms with Crippen LogP contribution < -0.4 is 10.9 Å². The molecule has 224 valence electrons. The summed E-state index contributed by atoms with van der Waals surface area (Å²) < 4.78 is 12.4. The van der Waals surface area contributed by atoms with Crippen molar-refractivity contribution < 1.29 is 23.9 Å². The number of rotatable bonds is 8. The molecule has 1 amide bonds. The molecule has 10 heteroatoms. The maximum Gasteiger partial charge on any atom is 0.356 e. The van der Waals surface area contributed by atoms with E-state index in [-0.39, 0.29) is 24.3 Å². The van der Waals surface area contributed by atoms with E-state index in [1.807, 2.05) is 0 Å². The van der Waals surface area contributed by atoms with Gasteiger partial charge in [0.15, 0.2) is 6.10 Å². The average molecular weight is 621 g/mol. The number of ether oxygens (including phenoxy) is 2. The van der Waals surface area contributed by atoms with Crippen LogP contribution in [0.2, 0.25) is 5.02 Å². The molecule has 2 aromatic heterocycles. The van der Waals surface area contributed by atoms with Gasteiger partial charge in [0, 0.05) is 27.9 Å². The van der Waals surface area contributed by atoms with Gasteiger partial charge >= 0.3 is 11.9 Å². The van der Waals surface area contributed by atoms with Gasteiger partial charge in [-0.1, -0.05) is 55.8 Å². The highest BCUT2D eigenvalue weighted by Crippen LogP contribution is 2.40. The quantitative estimate of drug-likeness (QED) is 0.217. The molecule has 1 aliphatic carbocycles. The lowest BCUT2D eigenvalue weighted by molar-refractivity contribution is -0.124. The van der Waals surface area contributed by atoms with Gasteiger partial charge < -0.3 is 19.4 Å². The predicted octanol–water partition coefficient (Wildman–Crippen LogP) is 6.80. The van der Waals surface area contributed by atoms with Gasteiger partial charge in [-0.25, -0.2) is 9.59 Å². The maximum atomic E-state index is 13.8. The van der Waals surface area contributed by atoms with Crippen molar-refractivity contribution in [3.8, 4) is 11.1 Å². The highest BCUT2D eigenvalue weighted by Gasteiger charge is 2.32. The molecular weight excluding hydrogens is 588 g/mol. The number of esters is 2. The van der Waals surface area contributed by atoms with E-state index in [1.165, 1.54) is 23.0 Å². The fourth-order valence-corrected chi connectivity index (χ4v) is 7.10. The number of fused-ring (bicyclic) bond motifs is 2.